The Morgan fingerprint density at radius 1 is 0.871 bits per heavy atom. The van der Waals surface area contributed by atoms with Crippen LogP contribution in [0, 0.1) is 6.92 Å². The monoisotopic (exact) mass is 431 g/mol. The molecule has 0 fully saturated rings. The molecule has 0 unspecified atom stereocenters. The SMILES string of the molecule is COc1cccc(Nc2nc(C)c(C(=O)Nc3ccc(Oc4ccccc4)cc3)s2)c1. The van der Waals surface area contributed by atoms with Crippen LogP contribution in [0.2, 0.25) is 0 Å². The molecule has 0 bridgehead atoms. The van der Waals surface area contributed by atoms with E-state index in [1.54, 1.807) is 7.11 Å². The van der Waals surface area contributed by atoms with Crippen LogP contribution in [0.3, 0.4) is 0 Å². The summed E-state index contributed by atoms with van der Waals surface area (Å²) in [5.41, 5.74) is 2.19. The molecular formula is C24H21N3O3S. The Morgan fingerprint density at radius 2 is 1.58 bits per heavy atom. The third-order valence-electron chi connectivity index (χ3n) is 4.41. The molecule has 6 nitrogen and oxygen atoms in total. The molecule has 0 saturated heterocycles. The normalized spacial score (nSPS) is 10.4. The van der Waals surface area contributed by atoms with Crippen LogP contribution in [0.25, 0.3) is 0 Å². The van der Waals surface area contributed by atoms with Gasteiger partial charge in [-0.1, -0.05) is 35.6 Å². The molecule has 0 aliphatic heterocycles. The zero-order valence-corrected chi connectivity index (χ0v) is 17.9. The largest absolute Gasteiger partial charge is 0.497 e. The first kappa shape index (κ1) is 20.4. The van der Waals surface area contributed by atoms with E-state index in [1.807, 2.05) is 85.8 Å². The fraction of sp³-hybridized carbons (Fsp3) is 0.0833. The van der Waals surface area contributed by atoms with Crippen molar-refractivity contribution >= 4 is 33.8 Å². The second-order valence-electron chi connectivity index (χ2n) is 6.68. The van der Waals surface area contributed by atoms with Gasteiger partial charge in [0.1, 0.15) is 22.1 Å². The van der Waals surface area contributed by atoms with Gasteiger partial charge < -0.3 is 20.1 Å². The quantitative estimate of drug-likeness (QED) is 0.362. The summed E-state index contributed by atoms with van der Waals surface area (Å²) in [6.07, 6.45) is 0. The lowest BCUT2D eigenvalue weighted by Crippen LogP contribution is -2.11. The number of anilines is 3. The molecule has 3 aromatic carbocycles. The second-order valence-corrected chi connectivity index (χ2v) is 7.68. The van der Waals surface area contributed by atoms with E-state index < -0.39 is 0 Å². The van der Waals surface area contributed by atoms with Gasteiger partial charge in [0.25, 0.3) is 5.91 Å². The summed E-state index contributed by atoms with van der Waals surface area (Å²) in [7, 11) is 1.62. The number of benzene rings is 3. The number of para-hydroxylation sites is 1. The standard InChI is InChI=1S/C24H21N3O3S/c1-16-22(31-24(25-16)27-18-7-6-10-21(15-18)29-2)23(28)26-17-11-13-20(14-12-17)30-19-8-4-3-5-9-19/h3-15H,1-2H3,(H,25,27)(H,26,28). The van der Waals surface area contributed by atoms with Gasteiger partial charge in [-0.2, -0.15) is 0 Å². The van der Waals surface area contributed by atoms with Crippen LogP contribution in [-0.2, 0) is 0 Å². The van der Waals surface area contributed by atoms with Crippen molar-refractivity contribution in [1.29, 1.82) is 0 Å². The maximum atomic E-state index is 12.8. The van der Waals surface area contributed by atoms with E-state index in [2.05, 4.69) is 15.6 Å². The lowest BCUT2D eigenvalue weighted by Gasteiger charge is -2.07. The molecule has 0 aliphatic rings. The van der Waals surface area contributed by atoms with Crippen LogP contribution in [0.1, 0.15) is 15.4 Å². The van der Waals surface area contributed by atoms with E-state index in [1.165, 1.54) is 11.3 Å². The van der Waals surface area contributed by atoms with Gasteiger partial charge in [0.05, 0.1) is 12.8 Å². The highest BCUT2D eigenvalue weighted by Gasteiger charge is 2.16. The zero-order chi connectivity index (χ0) is 21.6. The molecule has 4 rings (SSSR count). The summed E-state index contributed by atoms with van der Waals surface area (Å²) in [6, 6.07) is 24.3. The molecule has 1 aromatic heterocycles. The summed E-state index contributed by atoms with van der Waals surface area (Å²) in [6.45, 7) is 1.82. The molecule has 7 heteroatoms. The van der Waals surface area contributed by atoms with Crippen LogP contribution >= 0.6 is 11.3 Å². The van der Waals surface area contributed by atoms with Crippen molar-refractivity contribution in [1.82, 2.24) is 4.98 Å². The molecule has 2 N–H and O–H groups in total. The van der Waals surface area contributed by atoms with Crippen molar-refractivity contribution < 1.29 is 14.3 Å². The van der Waals surface area contributed by atoms with Gasteiger partial charge in [-0.15, -0.1) is 0 Å². The molecule has 4 aromatic rings. The Morgan fingerprint density at radius 3 is 2.32 bits per heavy atom. The maximum Gasteiger partial charge on any atom is 0.267 e. The van der Waals surface area contributed by atoms with Crippen LogP contribution in [0.15, 0.2) is 78.9 Å². The van der Waals surface area contributed by atoms with Gasteiger partial charge >= 0.3 is 0 Å². The highest BCUT2D eigenvalue weighted by molar-refractivity contribution is 7.17. The average molecular weight is 432 g/mol. The fourth-order valence-corrected chi connectivity index (χ4v) is 3.79. The van der Waals surface area contributed by atoms with Crippen LogP contribution in [0.5, 0.6) is 17.2 Å². The third-order valence-corrected chi connectivity index (χ3v) is 5.49. The number of nitrogens with zero attached hydrogens (tertiary/aromatic N) is 1. The van der Waals surface area contributed by atoms with E-state index in [4.69, 9.17) is 9.47 Å². The van der Waals surface area contributed by atoms with Crippen molar-refractivity contribution in [3.05, 3.63) is 89.4 Å². The van der Waals surface area contributed by atoms with Crippen LogP contribution in [0.4, 0.5) is 16.5 Å². The third kappa shape index (κ3) is 5.21. The highest BCUT2D eigenvalue weighted by Crippen LogP contribution is 2.28. The summed E-state index contributed by atoms with van der Waals surface area (Å²) in [4.78, 5) is 17.8. The number of hydrogen-bond acceptors (Lipinski definition) is 6. The first-order valence-electron chi connectivity index (χ1n) is 9.63. The minimum Gasteiger partial charge on any atom is -0.497 e. The lowest BCUT2D eigenvalue weighted by atomic mass is 10.3. The maximum absolute atomic E-state index is 12.8. The van der Waals surface area contributed by atoms with Crippen LogP contribution in [-0.4, -0.2) is 18.0 Å². The highest BCUT2D eigenvalue weighted by atomic mass is 32.1. The minimum absolute atomic E-state index is 0.203. The Labute approximate surface area is 184 Å². The molecule has 0 aliphatic carbocycles. The number of carbonyl (C=O) groups is 1. The van der Waals surface area contributed by atoms with Gasteiger partial charge in [-0.05, 0) is 55.5 Å². The van der Waals surface area contributed by atoms with E-state index in [-0.39, 0.29) is 5.91 Å². The molecule has 1 amide bonds. The summed E-state index contributed by atoms with van der Waals surface area (Å²) in [5, 5.41) is 6.78. The van der Waals surface area contributed by atoms with E-state index >= 15 is 0 Å². The number of amides is 1. The number of nitrogens with one attached hydrogen (secondary N) is 2. The average Bonchev–Trinajstić information content (AvgIpc) is 3.16. The Balaban J connectivity index is 1.41. The first-order chi connectivity index (χ1) is 15.1. The number of methoxy groups -OCH3 is 1. The summed E-state index contributed by atoms with van der Waals surface area (Å²) in [5.74, 6) is 2.00. The lowest BCUT2D eigenvalue weighted by molar-refractivity contribution is 0.103. The van der Waals surface area contributed by atoms with Crippen molar-refractivity contribution in [2.24, 2.45) is 0 Å². The van der Waals surface area contributed by atoms with Crippen molar-refractivity contribution in [3.8, 4) is 17.2 Å². The van der Waals surface area contributed by atoms with Gasteiger partial charge in [0, 0.05) is 17.4 Å². The topological polar surface area (TPSA) is 72.5 Å². The molecule has 0 radical (unpaired) electrons. The van der Waals surface area contributed by atoms with Crippen molar-refractivity contribution in [2.75, 3.05) is 17.7 Å². The van der Waals surface area contributed by atoms with E-state index in [0.29, 0.717) is 27.1 Å². The Bertz CT molecular complexity index is 1170. The smallest absolute Gasteiger partial charge is 0.267 e. The molecule has 156 valence electrons. The minimum atomic E-state index is -0.203. The number of carbonyl (C=O) groups excluding carboxylic acids is 1. The van der Waals surface area contributed by atoms with Gasteiger partial charge in [-0.3, -0.25) is 4.79 Å². The number of aromatic nitrogens is 1. The van der Waals surface area contributed by atoms with E-state index in [0.717, 1.165) is 17.2 Å². The number of thiazole rings is 1. The van der Waals surface area contributed by atoms with Crippen molar-refractivity contribution in [2.45, 2.75) is 6.92 Å². The summed E-state index contributed by atoms with van der Waals surface area (Å²) >= 11 is 1.30. The van der Waals surface area contributed by atoms with Crippen LogP contribution < -0.4 is 20.1 Å². The predicted molar refractivity (Wildman–Crippen MR) is 124 cm³/mol. The number of rotatable bonds is 7. The fourth-order valence-electron chi connectivity index (χ4n) is 2.90. The van der Waals surface area contributed by atoms with Gasteiger partial charge in [0.2, 0.25) is 0 Å². The molecular weight excluding hydrogens is 410 g/mol. The van der Waals surface area contributed by atoms with Gasteiger partial charge in [-0.25, -0.2) is 4.98 Å². The molecule has 0 atom stereocenters. The molecule has 0 spiro atoms. The van der Waals surface area contributed by atoms with Gasteiger partial charge in [0.15, 0.2) is 5.13 Å². The first-order valence-corrected chi connectivity index (χ1v) is 10.5. The predicted octanol–water partition coefficient (Wildman–Crippen LogP) is 6.25. The second kappa shape index (κ2) is 9.32. The molecule has 0 saturated carbocycles. The van der Waals surface area contributed by atoms with E-state index in [9.17, 15) is 4.79 Å². The Hall–Kier alpha value is -3.84. The molecule has 31 heavy (non-hydrogen) atoms. The number of ether oxygens (including phenoxy) is 2. The number of aryl methyl sites for hydroxylation is 1. The van der Waals surface area contributed by atoms with Crippen molar-refractivity contribution in [3.63, 3.8) is 0 Å². The Kier molecular flexibility index (Phi) is 6.14. The summed E-state index contributed by atoms with van der Waals surface area (Å²) < 4.78 is 11.0. The number of hydrogen-bond donors (Lipinski definition) is 2. The molecule has 1 heterocycles. The zero-order valence-electron chi connectivity index (χ0n) is 17.1.